The molecule has 1 heterocycles. The Morgan fingerprint density at radius 2 is 2.29 bits per heavy atom. The summed E-state index contributed by atoms with van der Waals surface area (Å²) < 4.78 is 0. The molecule has 0 spiro atoms. The third kappa shape index (κ3) is 4.05. The lowest BCUT2D eigenvalue weighted by molar-refractivity contribution is 0.187. The van der Waals surface area contributed by atoms with Gasteiger partial charge in [-0.25, -0.2) is 4.98 Å². The number of nitrogens with zero attached hydrogens (tertiary/aromatic N) is 2. The molecule has 1 fully saturated rings. The Kier molecular flexibility index (Phi) is 4.54. The highest BCUT2D eigenvalue weighted by atomic mass is 32.1. The second-order valence-corrected chi connectivity index (χ2v) is 6.01. The fraction of sp³-hybridized carbons (Fsp3) is 0.769. The fourth-order valence-electron chi connectivity index (χ4n) is 1.96. The van der Waals surface area contributed by atoms with Gasteiger partial charge in [0.2, 0.25) is 0 Å². The first-order valence-electron chi connectivity index (χ1n) is 6.47. The van der Waals surface area contributed by atoms with Crippen LogP contribution in [0.2, 0.25) is 0 Å². The van der Waals surface area contributed by atoms with Crippen LogP contribution in [0.4, 0.5) is 0 Å². The smallest absolute Gasteiger partial charge is 0.0795 e. The lowest BCUT2D eigenvalue weighted by Gasteiger charge is -2.29. The number of hydrogen-bond acceptors (Lipinski definition) is 4. The zero-order valence-corrected chi connectivity index (χ0v) is 11.8. The lowest BCUT2D eigenvalue weighted by Crippen LogP contribution is -2.39. The van der Waals surface area contributed by atoms with Crippen LogP contribution >= 0.6 is 11.3 Å². The van der Waals surface area contributed by atoms with Crippen LogP contribution in [-0.2, 0) is 6.54 Å². The second kappa shape index (κ2) is 5.94. The molecule has 1 N–H and O–H groups in total. The van der Waals surface area contributed by atoms with Crippen molar-refractivity contribution in [3.8, 4) is 0 Å². The maximum atomic E-state index is 4.34. The largest absolute Gasteiger partial charge is 0.314 e. The van der Waals surface area contributed by atoms with E-state index in [1.165, 1.54) is 18.5 Å². The average Bonchev–Trinajstić information content (AvgIpc) is 3.02. The number of rotatable bonds is 7. The van der Waals surface area contributed by atoms with Crippen molar-refractivity contribution in [1.29, 1.82) is 0 Å². The highest BCUT2D eigenvalue weighted by Gasteiger charge is 2.23. The highest BCUT2D eigenvalue weighted by molar-refractivity contribution is 7.07. The lowest BCUT2D eigenvalue weighted by atomic mass is 10.0. The predicted octanol–water partition coefficient (Wildman–Crippen LogP) is 2.35. The van der Waals surface area contributed by atoms with Gasteiger partial charge in [0, 0.05) is 24.0 Å². The van der Waals surface area contributed by atoms with Gasteiger partial charge in [-0.1, -0.05) is 6.92 Å². The first-order chi connectivity index (χ1) is 8.16. The van der Waals surface area contributed by atoms with E-state index in [-0.39, 0.29) is 0 Å². The molecule has 4 heteroatoms. The SMILES string of the molecule is CC(CNC1CC1)C(C)N(C)Cc1cscn1. The molecule has 2 rings (SSSR count). The van der Waals surface area contributed by atoms with Gasteiger partial charge >= 0.3 is 0 Å². The van der Waals surface area contributed by atoms with Crippen LogP contribution < -0.4 is 5.32 Å². The maximum absolute atomic E-state index is 4.34. The normalized spacial score (nSPS) is 19.5. The van der Waals surface area contributed by atoms with Crippen LogP contribution in [0.3, 0.4) is 0 Å². The molecule has 1 aromatic rings. The van der Waals surface area contributed by atoms with E-state index in [1.54, 1.807) is 11.3 Å². The molecule has 0 radical (unpaired) electrons. The maximum Gasteiger partial charge on any atom is 0.0795 e. The van der Waals surface area contributed by atoms with Gasteiger partial charge in [-0.15, -0.1) is 11.3 Å². The van der Waals surface area contributed by atoms with Crippen LogP contribution in [0, 0.1) is 5.92 Å². The van der Waals surface area contributed by atoms with Crippen molar-refractivity contribution in [1.82, 2.24) is 15.2 Å². The van der Waals surface area contributed by atoms with Gasteiger partial charge in [0.25, 0.3) is 0 Å². The third-order valence-corrected chi connectivity index (χ3v) is 4.35. The van der Waals surface area contributed by atoms with Crippen molar-refractivity contribution in [3.05, 3.63) is 16.6 Å². The van der Waals surface area contributed by atoms with Crippen LogP contribution in [0.15, 0.2) is 10.9 Å². The van der Waals surface area contributed by atoms with Gasteiger partial charge in [-0.05, 0) is 39.3 Å². The molecule has 96 valence electrons. The summed E-state index contributed by atoms with van der Waals surface area (Å²) in [7, 11) is 2.19. The molecule has 2 atom stereocenters. The molecule has 17 heavy (non-hydrogen) atoms. The average molecular weight is 253 g/mol. The van der Waals surface area contributed by atoms with Gasteiger partial charge in [0.1, 0.15) is 0 Å². The summed E-state index contributed by atoms with van der Waals surface area (Å²) in [5.74, 6) is 0.680. The van der Waals surface area contributed by atoms with Gasteiger partial charge in [0.15, 0.2) is 0 Å². The molecule has 0 aliphatic heterocycles. The van der Waals surface area contributed by atoms with E-state index in [0.29, 0.717) is 12.0 Å². The second-order valence-electron chi connectivity index (χ2n) is 5.30. The number of nitrogens with one attached hydrogen (secondary N) is 1. The summed E-state index contributed by atoms with van der Waals surface area (Å²) in [6.45, 7) is 6.73. The van der Waals surface area contributed by atoms with Crippen LogP contribution in [0.1, 0.15) is 32.4 Å². The third-order valence-electron chi connectivity index (χ3n) is 3.72. The Bertz CT molecular complexity index is 321. The summed E-state index contributed by atoms with van der Waals surface area (Å²) in [6, 6.07) is 1.40. The molecule has 0 amide bonds. The monoisotopic (exact) mass is 253 g/mol. The Morgan fingerprint density at radius 1 is 1.53 bits per heavy atom. The van der Waals surface area contributed by atoms with Crippen molar-refractivity contribution in [3.63, 3.8) is 0 Å². The molecule has 1 aromatic heterocycles. The van der Waals surface area contributed by atoms with E-state index in [4.69, 9.17) is 0 Å². The van der Waals surface area contributed by atoms with Gasteiger partial charge in [-0.3, -0.25) is 4.90 Å². The molecular weight excluding hydrogens is 230 g/mol. The summed E-state index contributed by atoms with van der Waals surface area (Å²) in [5, 5.41) is 5.75. The molecule has 3 nitrogen and oxygen atoms in total. The minimum Gasteiger partial charge on any atom is -0.314 e. The van der Waals surface area contributed by atoms with Crippen molar-refractivity contribution >= 4 is 11.3 Å². The Balaban J connectivity index is 1.74. The topological polar surface area (TPSA) is 28.2 Å². The summed E-state index contributed by atoms with van der Waals surface area (Å²) >= 11 is 1.67. The molecule has 1 saturated carbocycles. The molecule has 0 aromatic carbocycles. The van der Waals surface area contributed by atoms with Crippen LogP contribution in [0.25, 0.3) is 0 Å². The predicted molar refractivity (Wildman–Crippen MR) is 73.2 cm³/mol. The van der Waals surface area contributed by atoms with E-state index < -0.39 is 0 Å². The van der Waals surface area contributed by atoms with Gasteiger partial charge in [-0.2, -0.15) is 0 Å². The standard InChI is InChI=1S/C13H23N3S/c1-10(6-14-12-4-5-12)11(2)16(3)7-13-8-17-9-15-13/h8-12,14H,4-7H2,1-3H3. The molecule has 1 aliphatic carbocycles. The fourth-order valence-corrected chi connectivity index (χ4v) is 2.51. The minimum atomic E-state index is 0.586. The van der Waals surface area contributed by atoms with E-state index in [1.807, 2.05) is 5.51 Å². The summed E-state index contributed by atoms with van der Waals surface area (Å²) in [6.07, 6.45) is 2.74. The number of hydrogen-bond donors (Lipinski definition) is 1. The van der Waals surface area contributed by atoms with Crippen molar-refractivity contribution < 1.29 is 0 Å². The van der Waals surface area contributed by atoms with E-state index >= 15 is 0 Å². The molecule has 0 bridgehead atoms. The Labute approximate surface area is 108 Å². The summed E-state index contributed by atoms with van der Waals surface area (Å²) in [4.78, 5) is 6.74. The first-order valence-corrected chi connectivity index (χ1v) is 7.41. The molecule has 1 aliphatic rings. The van der Waals surface area contributed by atoms with Crippen molar-refractivity contribution in [2.45, 2.75) is 45.3 Å². The number of aromatic nitrogens is 1. The van der Waals surface area contributed by atoms with Gasteiger partial charge < -0.3 is 5.32 Å². The first kappa shape index (κ1) is 13.0. The quantitative estimate of drug-likeness (QED) is 0.808. The molecule has 0 saturated heterocycles. The van der Waals surface area contributed by atoms with Gasteiger partial charge in [0.05, 0.1) is 11.2 Å². The van der Waals surface area contributed by atoms with Crippen molar-refractivity contribution in [2.75, 3.05) is 13.6 Å². The van der Waals surface area contributed by atoms with E-state index in [2.05, 4.69) is 41.5 Å². The van der Waals surface area contributed by atoms with Crippen LogP contribution in [-0.4, -0.2) is 35.6 Å². The Hall–Kier alpha value is -0.450. The van der Waals surface area contributed by atoms with Crippen LogP contribution in [0.5, 0.6) is 0 Å². The zero-order valence-electron chi connectivity index (χ0n) is 11.0. The summed E-state index contributed by atoms with van der Waals surface area (Å²) in [5.41, 5.74) is 3.10. The number of thiazole rings is 1. The molecule has 2 unspecified atom stereocenters. The van der Waals surface area contributed by atoms with E-state index in [0.717, 1.165) is 19.1 Å². The zero-order chi connectivity index (χ0) is 12.3. The minimum absolute atomic E-state index is 0.586. The van der Waals surface area contributed by atoms with Crippen molar-refractivity contribution in [2.24, 2.45) is 5.92 Å². The Morgan fingerprint density at radius 3 is 2.88 bits per heavy atom. The highest BCUT2D eigenvalue weighted by Crippen LogP contribution is 2.20. The van der Waals surface area contributed by atoms with E-state index in [9.17, 15) is 0 Å². The molecular formula is C13H23N3S.